The van der Waals surface area contributed by atoms with E-state index in [9.17, 15) is 0 Å². The summed E-state index contributed by atoms with van der Waals surface area (Å²) in [5, 5.41) is 3.80. The molecule has 1 heterocycles. The highest BCUT2D eigenvalue weighted by atomic mass is 35.5. The smallest absolute Gasteiger partial charge is 0.0503 e. The van der Waals surface area contributed by atoms with Crippen LogP contribution in [0.3, 0.4) is 0 Å². The summed E-state index contributed by atoms with van der Waals surface area (Å²) in [6.07, 6.45) is 0. The van der Waals surface area contributed by atoms with Crippen molar-refractivity contribution in [3.8, 4) is 0 Å². The molecule has 2 aromatic rings. The molecule has 0 atom stereocenters. The van der Waals surface area contributed by atoms with E-state index < -0.39 is 0 Å². The zero-order valence-electron chi connectivity index (χ0n) is 6.60. The molecule has 0 aliphatic carbocycles. The van der Waals surface area contributed by atoms with Crippen molar-refractivity contribution in [3.05, 3.63) is 28.1 Å². The Kier molecular flexibility index (Phi) is 1.74. The minimum absolute atomic E-state index is 0.785. The first-order chi connectivity index (χ1) is 5.68. The van der Waals surface area contributed by atoms with Crippen molar-refractivity contribution in [2.24, 2.45) is 0 Å². The molecule has 3 heteroatoms. The summed E-state index contributed by atoms with van der Waals surface area (Å²) < 4.78 is 1.20. The fraction of sp³-hybridized carbons (Fsp3) is 0.111. The standard InChI is InChI=1S/C9H8ClNS/c1-5-2-9-6(3-7(5)10)8(11)4-12-9/h2-4H,11H2,1H3. The predicted octanol–water partition coefficient (Wildman–Crippen LogP) is 3.45. The zero-order chi connectivity index (χ0) is 8.72. The number of nitrogens with two attached hydrogens (primary N) is 1. The Morgan fingerprint density at radius 2 is 2.17 bits per heavy atom. The van der Waals surface area contributed by atoms with Gasteiger partial charge < -0.3 is 5.73 Å². The van der Waals surface area contributed by atoms with Gasteiger partial charge in [-0.3, -0.25) is 0 Å². The quantitative estimate of drug-likeness (QED) is 0.688. The van der Waals surface area contributed by atoms with Crippen LogP contribution in [0, 0.1) is 6.92 Å². The number of hydrogen-bond acceptors (Lipinski definition) is 2. The minimum atomic E-state index is 0.785. The summed E-state index contributed by atoms with van der Waals surface area (Å²) in [5.74, 6) is 0. The summed E-state index contributed by atoms with van der Waals surface area (Å²) in [7, 11) is 0. The van der Waals surface area contributed by atoms with Gasteiger partial charge >= 0.3 is 0 Å². The normalized spacial score (nSPS) is 10.8. The number of rotatable bonds is 0. The Morgan fingerprint density at radius 1 is 1.42 bits per heavy atom. The number of halogens is 1. The van der Waals surface area contributed by atoms with Crippen molar-refractivity contribution in [1.82, 2.24) is 0 Å². The van der Waals surface area contributed by atoms with Gasteiger partial charge in [0.1, 0.15) is 0 Å². The number of aryl methyl sites for hydroxylation is 1. The van der Waals surface area contributed by atoms with Crippen molar-refractivity contribution < 1.29 is 0 Å². The second kappa shape index (κ2) is 2.64. The summed E-state index contributed by atoms with van der Waals surface area (Å²) >= 11 is 7.62. The maximum atomic E-state index is 5.97. The highest BCUT2D eigenvalue weighted by Gasteiger charge is 2.03. The van der Waals surface area contributed by atoms with Gasteiger partial charge in [0.15, 0.2) is 0 Å². The molecule has 2 N–H and O–H groups in total. The lowest BCUT2D eigenvalue weighted by Gasteiger charge is -1.97. The van der Waals surface area contributed by atoms with Crippen LogP contribution in [0.4, 0.5) is 5.69 Å². The van der Waals surface area contributed by atoms with Crippen molar-refractivity contribution >= 4 is 38.7 Å². The number of benzene rings is 1. The van der Waals surface area contributed by atoms with E-state index in [0.29, 0.717) is 0 Å². The van der Waals surface area contributed by atoms with Gasteiger partial charge in [0.25, 0.3) is 0 Å². The van der Waals surface area contributed by atoms with E-state index in [2.05, 4.69) is 6.07 Å². The lowest BCUT2D eigenvalue weighted by molar-refractivity contribution is 1.52. The lowest BCUT2D eigenvalue weighted by Crippen LogP contribution is -1.81. The largest absolute Gasteiger partial charge is 0.398 e. The molecular weight excluding hydrogens is 190 g/mol. The summed E-state index contributed by atoms with van der Waals surface area (Å²) in [4.78, 5) is 0. The first-order valence-electron chi connectivity index (χ1n) is 3.61. The molecule has 0 radical (unpaired) electrons. The molecule has 1 nitrogen and oxygen atoms in total. The third-order valence-electron chi connectivity index (χ3n) is 1.88. The maximum absolute atomic E-state index is 5.97. The first kappa shape index (κ1) is 7.90. The van der Waals surface area contributed by atoms with Crippen LogP contribution in [0.15, 0.2) is 17.5 Å². The van der Waals surface area contributed by atoms with Crippen molar-refractivity contribution in [2.75, 3.05) is 5.73 Å². The molecule has 12 heavy (non-hydrogen) atoms. The molecule has 0 spiro atoms. The van der Waals surface area contributed by atoms with E-state index in [1.807, 2.05) is 18.4 Å². The summed E-state index contributed by atoms with van der Waals surface area (Å²) in [6.45, 7) is 2.00. The van der Waals surface area contributed by atoms with E-state index in [0.717, 1.165) is 21.7 Å². The van der Waals surface area contributed by atoms with Gasteiger partial charge in [-0.25, -0.2) is 0 Å². The SMILES string of the molecule is Cc1cc2scc(N)c2cc1Cl. The van der Waals surface area contributed by atoms with Crippen molar-refractivity contribution in [2.45, 2.75) is 6.92 Å². The average molecular weight is 198 g/mol. The van der Waals surface area contributed by atoms with Crippen molar-refractivity contribution in [1.29, 1.82) is 0 Å². The third kappa shape index (κ3) is 1.08. The average Bonchev–Trinajstić information content (AvgIpc) is 2.35. The Labute approximate surface area is 79.8 Å². The van der Waals surface area contributed by atoms with E-state index in [1.165, 1.54) is 4.70 Å². The molecule has 0 saturated heterocycles. The molecule has 0 amide bonds. The number of nitrogen functional groups attached to an aromatic ring is 1. The molecule has 0 fully saturated rings. The van der Waals surface area contributed by atoms with E-state index >= 15 is 0 Å². The Hall–Kier alpha value is -0.730. The monoisotopic (exact) mass is 197 g/mol. The molecular formula is C9H8ClNS. The maximum Gasteiger partial charge on any atom is 0.0503 e. The molecule has 2 rings (SSSR count). The molecule has 0 aliphatic heterocycles. The Morgan fingerprint density at radius 3 is 2.92 bits per heavy atom. The minimum Gasteiger partial charge on any atom is -0.398 e. The topological polar surface area (TPSA) is 26.0 Å². The highest BCUT2D eigenvalue weighted by Crippen LogP contribution is 2.32. The van der Waals surface area contributed by atoms with Crippen LogP contribution >= 0.6 is 22.9 Å². The van der Waals surface area contributed by atoms with Crippen LogP contribution in [-0.2, 0) is 0 Å². The van der Waals surface area contributed by atoms with E-state index in [4.69, 9.17) is 17.3 Å². The fourth-order valence-corrected chi connectivity index (χ4v) is 2.26. The zero-order valence-corrected chi connectivity index (χ0v) is 8.17. The second-order valence-corrected chi connectivity index (χ2v) is 4.11. The van der Waals surface area contributed by atoms with Crippen LogP contribution < -0.4 is 5.73 Å². The summed E-state index contributed by atoms with van der Waals surface area (Å²) in [5.41, 5.74) is 7.67. The highest BCUT2D eigenvalue weighted by molar-refractivity contribution is 7.17. The molecule has 0 saturated carbocycles. The van der Waals surface area contributed by atoms with E-state index in [1.54, 1.807) is 11.3 Å². The Balaban J connectivity index is 2.87. The second-order valence-electron chi connectivity index (χ2n) is 2.79. The number of hydrogen-bond donors (Lipinski definition) is 1. The fourth-order valence-electron chi connectivity index (χ4n) is 1.17. The third-order valence-corrected chi connectivity index (χ3v) is 3.26. The molecule has 0 unspecified atom stereocenters. The van der Waals surface area contributed by atoms with Crippen LogP contribution in [-0.4, -0.2) is 0 Å². The van der Waals surface area contributed by atoms with Crippen LogP contribution in [0.25, 0.3) is 10.1 Å². The molecule has 0 aliphatic rings. The van der Waals surface area contributed by atoms with Crippen LogP contribution in [0.2, 0.25) is 5.02 Å². The molecule has 1 aromatic heterocycles. The van der Waals surface area contributed by atoms with Gasteiger partial charge in [-0.05, 0) is 24.6 Å². The van der Waals surface area contributed by atoms with Gasteiger partial charge in [0.05, 0.1) is 5.69 Å². The Bertz CT molecular complexity index is 433. The molecule has 1 aromatic carbocycles. The van der Waals surface area contributed by atoms with Gasteiger partial charge in [-0.2, -0.15) is 0 Å². The van der Waals surface area contributed by atoms with Gasteiger partial charge in [-0.15, -0.1) is 11.3 Å². The molecule has 0 bridgehead atoms. The first-order valence-corrected chi connectivity index (χ1v) is 4.87. The number of fused-ring (bicyclic) bond motifs is 1. The van der Waals surface area contributed by atoms with Gasteiger partial charge in [0.2, 0.25) is 0 Å². The lowest BCUT2D eigenvalue weighted by atomic mass is 10.2. The van der Waals surface area contributed by atoms with Crippen molar-refractivity contribution in [3.63, 3.8) is 0 Å². The van der Waals surface area contributed by atoms with Crippen LogP contribution in [0.5, 0.6) is 0 Å². The van der Waals surface area contributed by atoms with Gasteiger partial charge in [-0.1, -0.05) is 11.6 Å². The van der Waals surface area contributed by atoms with Gasteiger partial charge in [0, 0.05) is 20.5 Å². The van der Waals surface area contributed by atoms with Crippen LogP contribution in [0.1, 0.15) is 5.56 Å². The molecule has 62 valence electrons. The number of anilines is 1. The summed E-state index contributed by atoms with van der Waals surface area (Å²) in [6, 6.07) is 4.00. The predicted molar refractivity (Wildman–Crippen MR) is 56.0 cm³/mol. The van der Waals surface area contributed by atoms with E-state index in [-0.39, 0.29) is 0 Å². The number of thiophene rings is 1.